The molecule has 1 aliphatic carbocycles. The van der Waals surface area contributed by atoms with E-state index in [9.17, 15) is 0 Å². The van der Waals surface area contributed by atoms with Crippen LogP contribution in [0.15, 0.2) is 0 Å². The zero-order chi connectivity index (χ0) is 15.9. The van der Waals surface area contributed by atoms with E-state index >= 15 is 0 Å². The Hall–Kier alpha value is -1.52. The Kier molecular flexibility index (Phi) is 6.28. The Balaban J connectivity index is 2.25. The van der Waals surface area contributed by atoms with Crippen molar-refractivity contribution >= 4 is 11.5 Å². The first kappa shape index (κ1) is 16.8. The van der Waals surface area contributed by atoms with Crippen molar-refractivity contribution in [2.24, 2.45) is 5.92 Å². The van der Waals surface area contributed by atoms with Crippen molar-refractivity contribution in [1.82, 2.24) is 9.97 Å². The smallest absolute Gasteiger partial charge is 0.242 e. The summed E-state index contributed by atoms with van der Waals surface area (Å²) in [6, 6.07) is 0. The van der Waals surface area contributed by atoms with Gasteiger partial charge in [0.15, 0.2) is 5.82 Å². The van der Waals surface area contributed by atoms with Crippen molar-refractivity contribution in [3.05, 3.63) is 5.82 Å². The summed E-state index contributed by atoms with van der Waals surface area (Å²) in [5.41, 5.74) is 6.73. The average Bonchev–Trinajstić information content (AvgIpc) is 2.53. The van der Waals surface area contributed by atoms with E-state index in [0.29, 0.717) is 30.0 Å². The van der Waals surface area contributed by atoms with Crippen molar-refractivity contribution in [2.45, 2.75) is 65.2 Å². The highest BCUT2D eigenvalue weighted by atomic mass is 16.5. The summed E-state index contributed by atoms with van der Waals surface area (Å²) in [5, 5.41) is 3.35. The monoisotopic (exact) mass is 306 g/mol. The van der Waals surface area contributed by atoms with E-state index in [4.69, 9.17) is 15.5 Å². The van der Waals surface area contributed by atoms with Crippen LogP contribution in [0.2, 0.25) is 0 Å². The number of hydrogen-bond donors (Lipinski definition) is 2. The molecule has 3 N–H and O–H groups in total. The molecular formula is C17H30N4O. The van der Waals surface area contributed by atoms with Crippen LogP contribution in [0, 0.1) is 5.92 Å². The van der Waals surface area contributed by atoms with Gasteiger partial charge < -0.3 is 15.8 Å². The van der Waals surface area contributed by atoms with Gasteiger partial charge in [0, 0.05) is 12.5 Å². The number of nitrogens with two attached hydrogens (primary N) is 1. The van der Waals surface area contributed by atoms with Gasteiger partial charge in [-0.25, -0.2) is 4.98 Å². The standard InChI is InChI=1S/C17H30N4O/c1-4-10-22-17-14(18)16(19-11-12(2)3)20-15(21-17)13-8-6-5-7-9-13/h12-13H,4-11,18H2,1-3H3,(H,19,20,21). The molecule has 0 aliphatic heterocycles. The summed E-state index contributed by atoms with van der Waals surface area (Å²) in [6.07, 6.45) is 7.12. The molecule has 0 saturated heterocycles. The summed E-state index contributed by atoms with van der Waals surface area (Å²) in [5.74, 6) is 3.15. The highest BCUT2D eigenvalue weighted by Crippen LogP contribution is 2.35. The Labute approximate surface area is 134 Å². The number of rotatable bonds is 7. The number of hydrogen-bond acceptors (Lipinski definition) is 5. The predicted octanol–water partition coefficient (Wildman–Crippen LogP) is 3.96. The Morgan fingerprint density at radius 1 is 1.23 bits per heavy atom. The zero-order valence-corrected chi connectivity index (χ0v) is 14.2. The van der Waals surface area contributed by atoms with Crippen LogP contribution in [0.5, 0.6) is 5.88 Å². The first-order valence-corrected chi connectivity index (χ1v) is 8.65. The minimum atomic E-state index is 0.443. The number of nitrogens with one attached hydrogen (secondary N) is 1. The van der Waals surface area contributed by atoms with E-state index in [1.54, 1.807) is 0 Å². The maximum Gasteiger partial charge on any atom is 0.242 e. The SMILES string of the molecule is CCCOc1nc(C2CCCCC2)nc(NCC(C)C)c1N. The topological polar surface area (TPSA) is 73.1 Å². The van der Waals surface area contributed by atoms with Crippen molar-refractivity contribution in [1.29, 1.82) is 0 Å². The van der Waals surface area contributed by atoms with Gasteiger partial charge in [-0.15, -0.1) is 0 Å². The van der Waals surface area contributed by atoms with E-state index < -0.39 is 0 Å². The molecule has 1 fully saturated rings. The molecule has 0 spiro atoms. The fourth-order valence-electron chi connectivity index (χ4n) is 2.75. The molecule has 1 aliphatic rings. The lowest BCUT2D eigenvalue weighted by Gasteiger charge is -2.22. The summed E-state index contributed by atoms with van der Waals surface area (Å²) in [4.78, 5) is 9.33. The number of nitrogen functional groups attached to an aromatic ring is 1. The molecule has 1 aromatic heterocycles. The molecule has 124 valence electrons. The van der Waals surface area contributed by atoms with E-state index in [1.165, 1.54) is 32.1 Å². The lowest BCUT2D eigenvalue weighted by molar-refractivity contribution is 0.303. The second-order valence-electron chi connectivity index (χ2n) is 6.61. The van der Waals surface area contributed by atoms with E-state index in [1.807, 2.05) is 0 Å². The Morgan fingerprint density at radius 2 is 1.95 bits per heavy atom. The highest BCUT2D eigenvalue weighted by Gasteiger charge is 2.22. The summed E-state index contributed by atoms with van der Waals surface area (Å²) in [7, 11) is 0. The molecule has 0 amide bonds. The van der Waals surface area contributed by atoms with Gasteiger partial charge in [0.2, 0.25) is 5.88 Å². The van der Waals surface area contributed by atoms with Crippen LogP contribution in [-0.2, 0) is 0 Å². The van der Waals surface area contributed by atoms with Crippen LogP contribution in [0.25, 0.3) is 0 Å². The van der Waals surface area contributed by atoms with Crippen molar-refractivity contribution in [2.75, 3.05) is 24.2 Å². The maximum atomic E-state index is 6.20. The molecule has 0 bridgehead atoms. The van der Waals surface area contributed by atoms with Gasteiger partial charge in [0.25, 0.3) is 0 Å². The average molecular weight is 306 g/mol. The number of anilines is 2. The van der Waals surface area contributed by atoms with E-state index in [2.05, 4.69) is 31.1 Å². The fraction of sp³-hybridized carbons (Fsp3) is 0.765. The zero-order valence-electron chi connectivity index (χ0n) is 14.2. The third kappa shape index (κ3) is 4.49. The number of nitrogens with zero attached hydrogens (tertiary/aromatic N) is 2. The van der Waals surface area contributed by atoms with Crippen molar-refractivity contribution in [3.63, 3.8) is 0 Å². The lowest BCUT2D eigenvalue weighted by atomic mass is 9.88. The van der Waals surface area contributed by atoms with Crippen molar-refractivity contribution in [3.8, 4) is 5.88 Å². The second kappa shape index (κ2) is 8.20. The minimum absolute atomic E-state index is 0.443. The van der Waals surface area contributed by atoms with Gasteiger partial charge in [-0.05, 0) is 25.2 Å². The Bertz CT molecular complexity index is 470. The summed E-state index contributed by atoms with van der Waals surface area (Å²) >= 11 is 0. The Morgan fingerprint density at radius 3 is 2.59 bits per heavy atom. The molecule has 2 rings (SSSR count). The number of aromatic nitrogens is 2. The fourth-order valence-corrected chi connectivity index (χ4v) is 2.75. The summed E-state index contributed by atoms with van der Waals surface area (Å²) < 4.78 is 5.75. The quantitative estimate of drug-likeness (QED) is 0.797. The molecule has 1 heterocycles. The van der Waals surface area contributed by atoms with Gasteiger partial charge in [-0.3, -0.25) is 0 Å². The maximum absolute atomic E-state index is 6.20. The molecule has 1 saturated carbocycles. The van der Waals surface area contributed by atoms with E-state index in [0.717, 1.165) is 24.6 Å². The van der Waals surface area contributed by atoms with Gasteiger partial charge >= 0.3 is 0 Å². The molecule has 0 radical (unpaired) electrons. The molecule has 1 aromatic rings. The van der Waals surface area contributed by atoms with Crippen LogP contribution in [0.1, 0.15) is 71.0 Å². The van der Waals surface area contributed by atoms with Gasteiger partial charge in [0.05, 0.1) is 6.61 Å². The largest absolute Gasteiger partial charge is 0.476 e. The normalized spacial score (nSPS) is 16.0. The molecule has 5 nitrogen and oxygen atoms in total. The van der Waals surface area contributed by atoms with E-state index in [-0.39, 0.29) is 0 Å². The van der Waals surface area contributed by atoms with Crippen LogP contribution in [0.3, 0.4) is 0 Å². The molecule has 0 aromatic carbocycles. The predicted molar refractivity (Wildman–Crippen MR) is 91.4 cm³/mol. The van der Waals surface area contributed by atoms with Gasteiger partial charge in [0.1, 0.15) is 11.5 Å². The molecule has 22 heavy (non-hydrogen) atoms. The first-order valence-electron chi connectivity index (χ1n) is 8.65. The summed E-state index contributed by atoms with van der Waals surface area (Å²) in [6.45, 7) is 7.90. The second-order valence-corrected chi connectivity index (χ2v) is 6.61. The molecule has 0 unspecified atom stereocenters. The minimum Gasteiger partial charge on any atom is -0.476 e. The van der Waals surface area contributed by atoms with Crippen LogP contribution >= 0.6 is 0 Å². The van der Waals surface area contributed by atoms with Gasteiger partial charge in [-0.2, -0.15) is 4.98 Å². The highest BCUT2D eigenvalue weighted by molar-refractivity contribution is 5.67. The van der Waals surface area contributed by atoms with Gasteiger partial charge in [-0.1, -0.05) is 40.0 Å². The third-order valence-electron chi connectivity index (χ3n) is 4.02. The number of ether oxygens (including phenoxy) is 1. The van der Waals surface area contributed by atoms with Crippen LogP contribution in [0.4, 0.5) is 11.5 Å². The lowest BCUT2D eigenvalue weighted by Crippen LogP contribution is -2.16. The molecule has 0 atom stereocenters. The first-order chi connectivity index (χ1) is 10.6. The third-order valence-corrected chi connectivity index (χ3v) is 4.02. The molecule has 5 heteroatoms. The van der Waals surface area contributed by atoms with Crippen LogP contribution < -0.4 is 15.8 Å². The molecular weight excluding hydrogens is 276 g/mol. The van der Waals surface area contributed by atoms with Crippen molar-refractivity contribution < 1.29 is 4.74 Å². The van der Waals surface area contributed by atoms with Crippen LogP contribution in [-0.4, -0.2) is 23.1 Å².